The monoisotopic (exact) mass is 316 g/mol. The molecule has 0 saturated heterocycles. The van der Waals surface area contributed by atoms with Crippen molar-refractivity contribution in [3.8, 4) is 0 Å². The minimum absolute atomic E-state index is 0.0835. The first-order valence-corrected chi connectivity index (χ1v) is 9.15. The van der Waals surface area contributed by atoms with Crippen LogP contribution in [0.4, 0.5) is 0 Å². The van der Waals surface area contributed by atoms with Crippen molar-refractivity contribution in [2.75, 3.05) is 26.4 Å². The van der Waals surface area contributed by atoms with Crippen LogP contribution in [0.5, 0.6) is 0 Å². The van der Waals surface area contributed by atoms with E-state index in [2.05, 4.69) is 41.5 Å². The lowest BCUT2D eigenvalue weighted by molar-refractivity contribution is -0.0189. The number of hydrogen-bond donors (Lipinski definition) is 1. The van der Waals surface area contributed by atoms with Gasteiger partial charge in [-0.15, -0.1) is 0 Å². The Hall–Kier alpha value is -0.120. The summed E-state index contributed by atoms with van der Waals surface area (Å²) < 4.78 is 11.3. The van der Waals surface area contributed by atoms with Gasteiger partial charge in [0.2, 0.25) is 0 Å². The van der Waals surface area contributed by atoms with Crippen LogP contribution < -0.4 is 0 Å². The Morgan fingerprint density at radius 2 is 1.27 bits per heavy atom. The van der Waals surface area contributed by atoms with Gasteiger partial charge in [0.1, 0.15) is 0 Å². The van der Waals surface area contributed by atoms with Crippen LogP contribution in [0.25, 0.3) is 0 Å². The Morgan fingerprint density at radius 1 is 0.682 bits per heavy atom. The van der Waals surface area contributed by atoms with E-state index in [4.69, 9.17) is 14.6 Å². The Balaban J connectivity index is 4.09. The highest BCUT2D eigenvalue weighted by atomic mass is 16.5. The zero-order valence-corrected chi connectivity index (χ0v) is 15.8. The van der Waals surface area contributed by atoms with E-state index in [-0.39, 0.29) is 6.61 Å². The van der Waals surface area contributed by atoms with Crippen LogP contribution in [0.2, 0.25) is 0 Å². The summed E-state index contributed by atoms with van der Waals surface area (Å²) in [6.07, 6.45) is 5.19. The third-order valence-corrected chi connectivity index (χ3v) is 3.89. The molecule has 3 heteroatoms. The number of hydrogen-bond acceptors (Lipinski definition) is 3. The van der Waals surface area contributed by atoms with Crippen molar-refractivity contribution in [3.05, 3.63) is 0 Å². The van der Waals surface area contributed by atoms with E-state index in [1.807, 2.05) is 0 Å². The standard InChI is InChI=1S/C19H40O3/c1-15(2)11-17(5)13-18(6)14-19(12-16(3)4)22-10-9-21-8-7-20/h15-20H,7-14H2,1-6H3. The first-order valence-electron chi connectivity index (χ1n) is 9.15. The second-order valence-electron chi connectivity index (χ2n) is 7.77. The summed E-state index contributed by atoms with van der Waals surface area (Å²) in [6, 6.07) is 0. The van der Waals surface area contributed by atoms with Crippen molar-refractivity contribution < 1.29 is 14.6 Å². The molecule has 0 radical (unpaired) electrons. The third-order valence-electron chi connectivity index (χ3n) is 3.89. The van der Waals surface area contributed by atoms with Crippen molar-refractivity contribution >= 4 is 0 Å². The summed E-state index contributed by atoms with van der Waals surface area (Å²) in [5.74, 6) is 2.94. The molecule has 0 saturated carbocycles. The predicted octanol–water partition coefficient (Wildman–Crippen LogP) is 4.53. The van der Waals surface area contributed by atoms with E-state index >= 15 is 0 Å². The molecule has 0 aliphatic carbocycles. The Bertz CT molecular complexity index is 241. The van der Waals surface area contributed by atoms with Gasteiger partial charge in [-0.25, -0.2) is 0 Å². The summed E-state index contributed by atoms with van der Waals surface area (Å²) in [7, 11) is 0. The van der Waals surface area contributed by atoms with Crippen molar-refractivity contribution in [1.29, 1.82) is 0 Å². The maximum Gasteiger partial charge on any atom is 0.0704 e. The number of ether oxygens (including phenoxy) is 2. The summed E-state index contributed by atoms with van der Waals surface area (Å²) in [4.78, 5) is 0. The maximum atomic E-state index is 8.69. The van der Waals surface area contributed by atoms with Gasteiger partial charge in [-0.2, -0.15) is 0 Å². The molecular weight excluding hydrogens is 276 g/mol. The Labute approximate surface area is 138 Å². The van der Waals surface area contributed by atoms with Crippen LogP contribution in [0.1, 0.15) is 67.2 Å². The molecule has 0 bridgehead atoms. The summed E-state index contributed by atoms with van der Waals surface area (Å²) in [5, 5.41) is 8.69. The molecule has 3 atom stereocenters. The number of aliphatic hydroxyl groups is 1. The quantitative estimate of drug-likeness (QED) is 0.479. The van der Waals surface area contributed by atoms with Gasteiger partial charge in [0.25, 0.3) is 0 Å². The Morgan fingerprint density at radius 3 is 1.82 bits per heavy atom. The van der Waals surface area contributed by atoms with Crippen molar-refractivity contribution in [1.82, 2.24) is 0 Å². The molecule has 0 aliphatic rings. The second kappa shape index (κ2) is 13.3. The first kappa shape index (κ1) is 21.9. The molecule has 0 heterocycles. The zero-order chi connectivity index (χ0) is 17.0. The van der Waals surface area contributed by atoms with E-state index in [0.29, 0.717) is 37.8 Å². The van der Waals surface area contributed by atoms with E-state index in [1.54, 1.807) is 0 Å². The van der Waals surface area contributed by atoms with E-state index in [0.717, 1.165) is 24.7 Å². The lowest BCUT2D eigenvalue weighted by Gasteiger charge is -2.25. The van der Waals surface area contributed by atoms with Gasteiger partial charge in [0.05, 0.1) is 32.5 Å². The first-order chi connectivity index (χ1) is 10.3. The molecule has 0 rings (SSSR count). The van der Waals surface area contributed by atoms with Gasteiger partial charge in [0.15, 0.2) is 0 Å². The highest BCUT2D eigenvalue weighted by Crippen LogP contribution is 2.25. The SMILES string of the molecule is CC(C)CC(C)CC(C)CC(CC(C)C)OCCOCCO. The average molecular weight is 317 g/mol. The average Bonchev–Trinajstić information content (AvgIpc) is 2.36. The van der Waals surface area contributed by atoms with Crippen LogP contribution in [-0.2, 0) is 9.47 Å². The largest absolute Gasteiger partial charge is 0.394 e. The minimum Gasteiger partial charge on any atom is -0.394 e. The molecule has 134 valence electrons. The topological polar surface area (TPSA) is 38.7 Å². The molecular formula is C19H40O3. The van der Waals surface area contributed by atoms with Gasteiger partial charge < -0.3 is 14.6 Å². The highest BCUT2D eigenvalue weighted by Gasteiger charge is 2.18. The fraction of sp³-hybridized carbons (Fsp3) is 1.00. The smallest absolute Gasteiger partial charge is 0.0704 e. The lowest BCUT2D eigenvalue weighted by atomic mass is 9.86. The van der Waals surface area contributed by atoms with Gasteiger partial charge in [-0.1, -0.05) is 41.5 Å². The number of rotatable bonds is 14. The molecule has 0 aromatic heterocycles. The van der Waals surface area contributed by atoms with Crippen LogP contribution >= 0.6 is 0 Å². The number of aliphatic hydroxyl groups excluding tert-OH is 1. The van der Waals surface area contributed by atoms with Crippen LogP contribution in [0.15, 0.2) is 0 Å². The molecule has 3 nitrogen and oxygen atoms in total. The molecule has 0 aromatic carbocycles. The van der Waals surface area contributed by atoms with Crippen LogP contribution in [0, 0.1) is 23.7 Å². The van der Waals surface area contributed by atoms with Crippen molar-refractivity contribution in [2.45, 2.75) is 73.3 Å². The van der Waals surface area contributed by atoms with E-state index in [9.17, 15) is 0 Å². The van der Waals surface area contributed by atoms with Crippen LogP contribution in [0.3, 0.4) is 0 Å². The molecule has 3 unspecified atom stereocenters. The van der Waals surface area contributed by atoms with Crippen LogP contribution in [-0.4, -0.2) is 37.6 Å². The fourth-order valence-electron chi connectivity index (χ4n) is 3.33. The third kappa shape index (κ3) is 13.5. The molecule has 0 spiro atoms. The van der Waals surface area contributed by atoms with Crippen molar-refractivity contribution in [2.24, 2.45) is 23.7 Å². The Kier molecular flexibility index (Phi) is 13.3. The maximum absolute atomic E-state index is 8.69. The van der Waals surface area contributed by atoms with E-state index in [1.165, 1.54) is 12.8 Å². The molecule has 22 heavy (non-hydrogen) atoms. The zero-order valence-electron chi connectivity index (χ0n) is 15.8. The van der Waals surface area contributed by atoms with Crippen molar-refractivity contribution in [3.63, 3.8) is 0 Å². The molecule has 0 fully saturated rings. The second-order valence-corrected chi connectivity index (χ2v) is 7.77. The predicted molar refractivity (Wildman–Crippen MR) is 94.1 cm³/mol. The summed E-state index contributed by atoms with van der Waals surface area (Å²) >= 11 is 0. The fourth-order valence-corrected chi connectivity index (χ4v) is 3.33. The summed E-state index contributed by atoms with van der Waals surface area (Å²) in [6.45, 7) is 15.5. The minimum atomic E-state index is 0.0835. The lowest BCUT2D eigenvalue weighted by Crippen LogP contribution is -2.22. The van der Waals surface area contributed by atoms with Gasteiger partial charge in [0, 0.05) is 0 Å². The molecule has 1 N–H and O–H groups in total. The van der Waals surface area contributed by atoms with Gasteiger partial charge in [-0.05, 0) is 49.4 Å². The highest BCUT2D eigenvalue weighted by molar-refractivity contribution is 4.68. The molecule has 0 aliphatic heterocycles. The van der Waals surface area contributed by atoms with Gasteiger partial charge >= 0.3 is 0 Å². The van der Waals surface area contributed by atoms with Gasteiger partial charge in [-0.3, -0.25) is 0 Å². The van der Waals surface area contributed by atoms with E-state index < -0.39 is 0 Å². The summed E-state index contributed by atoms with van der Waals surface area (Å²) in [5.41, 5.74) is 0. The normalized spacial score (nSPS) is 16.2. The molecule has 0 aromatic rings. The molecule has 0 amide bonds.